The smallest absolute Gasteiger partial charge is 0.246 e. The summed E-state index contributed by atoms with van der Waals surface area (Å²) >= 11 is 13.2. The molecule has 4 amide bonds. The van der Waals surface area contributed by atoms with Crippen molar-refractivity contribution >= 4 is 75.2 Å². The number of likely N-dealkylation sites (N-methyl/N-ethyl adjacent to an activating group) is 1. The highest BCUT2D eigenvalue weighted by molar-refractivity contribution is 6.38. The second-order valence-electron chi connectivity index (χ2n) is 11.8. The lowest BCUT2D eigenvalue weighted by molar-refractivity contribution is -0.132. The molecule has 5 rings (SSSR count). The molecule has 2 heterocycles. The van der Waals surface area contributed by atoms with Gasteiger partial charge in [0, 0.05) is 66.4 Å². The van der Waals surface area contributed by atoms with Crippen LogP contribution >= 0.6 is 23.2 Å². The van der Waals surface area contributed by atoms with E-state index in [-0.39, 0.29) is 35.9 Å². The summed E-state index contributed by atoms with van der Waals surface area (Å²) in [5.41, 5.74) is 3.90. The minimum Gasteiger partial charge on any atom is -0.487 e. The fourth-order valence-corrected chi connectivity index (χ4v) is 6.09. The van der Waals surface area contributed by atoms with E-state index in [0.29, 0.717) is 53.6 Å². The van der Waals surface area contributed by atoms with Crippen LogP contribution in [0.25, 0.3) is 17.0 Å². The number of pyridine rings is 1. The lowest BCUT2D eigenvalue weighted by Crippen LogP contribution is -2.40. The number of nitrogens with one attached hydrogen (secondary N) is 2. The average Bonchev–Trinajstić information content (AvgIpc) is 3.10. The number of ether oxygens (including phenoxy) is 1. The van der Waals surface area contributed by atoms with Crippen molar-refractivity contribution < 1.29 is 23.9 Å². The Kier molecular flexibility index (Phi) is 11.5. The van der Waals surface area contributed by atoms with Gasteiger partial charge < -0.3 is 25.2 Å². The molecule has 0 unspecified atom stereocenters. The summed E-state index contributed by atoms with van der Waals surface area (Å²) in [5, 5.41) is 7.11. The monoisotopic (exact) mass is 701 g/mol. The number of aryl methyl sites for hydroxylation is 1. The van der Waals surface area contributed by atoms with Gasteiger partial charge in [0.2, 0.25) is 23.6 Å². The summed E-state index contributed by atoms with van der Waals surface area (Å²) in [6, 6.07) is 19.9. The zero-order chi connectivity index (χ0) is 35.1. The number of anilines is 2. The van der Waals surface area contributed by atoms with Crippen LogP contribution in [-0.4, -0.2) is 60.2 Å². The van der Waals surface area contributed by atoms with E-state index in [1.165, 1.54) is 17.9 Å². The predicted octanol–water partition coefficient (Wildman–Crippen LogP) is 6.42. The van der Waals surface area contributed by atoms with Crippen LogP contribution < -0.4 is 20.3 Å². The highest BCUT2D eigenvalue weighted by atomic mass is 35.5. The van der Waals surface area contributed by atoms with Gasteiger partial charge >= 0.3 is 0 Å². The van der Waals surface area contributed by atoms with E-state index < -0.39 is 11.8 Å². The number of rotatable bonds is 10. The molecule has 0 aliphatic carbocycles. The Labute approximate surface area is 295 Å². The maximum atomic E-state index is 13.0. The lowest BCUT2D eigenvalue weighted by atomic mass is 9.96. The number of hydrogen-bond acceptors (Lipinski definition) is 6. The van der Waals surface area contributed by atoms with Crippen LogP contribution in [0.15, 0.2) is 72.8 Å². The molecule has 49 heavy (non-hydrogen) atoms. The van der Waals surface area contributed by atoms with E-state index in [0.717, 1.165) is 22.2 Å². The summed E-state index contributed by atoms with van der Waals surface area (Å²) in [6.07, 6.45) is 4.21. The van der Waals surface area contributed by atoms with Crippen molar-refractivity contribution in [1.29, 1.82) is 0 Å². The van der Waals surface area contributed by atoms with Crippen molar-refractivity contribution in [2.75, 3.05) is 36.9 Å². The van der Waals surface area contributed by atoms with Crippen LogP contribution in [0, 0.1) is 12.8 Å². The number of likely N-dealkylation sites (tertiary alicyclic amines) is 1. The topological polar surface area (TPSA) is 121 Å². The molecule has 254 valence electrons. The molecule has 12 heteroatoms. The van der Waals surface area contributed by atoms with Crippen LogP contribution in [0.4, 0.5) is 11.4 Å². The first-order valence-electron chi connectivity index (χ1n) is 15.8. The SMILES string of the molecule is CC(=O)N1CCC(C(=O)Nc2ccc(C=CC(=O)NCC(=O)N(C)c3ccc(Cl)c(COc4cccc5ccc(C)nc45)c3Cl)cc2)CC1. The molecular formula is C37H37Cl2N5O5. The molecule has 0 saturated carbocycles. The molecule has 1 fully saturated rings. The van der Waals surface area contributed by atoms with Crippen LogP contribution in [0.2, 0.25) is 10.0 Å². The van der Waals surface area contributed by atoms with Crippen LogP contribution in [-0.2, 0) is 25.8 Å². The molecule has 4 aromatic rings. The van der Waals surface area contributed by atoms with Crippen molar-refractivity contribution in [2.45, 2.75) is 33.3 Å². The first-order valence-corrected chi connectivity index (χ1v) is 16.6. The normalized spacial score (nSPS) is 13.4. The molecule has 1 aliphatic rings. The summed E-state index contributed by atoms with van der Waals surface area (Å²) in [4.78, 5) is 57.4. The molecule has 10 nitrogen and oxygen atoms in total. The number of halogens is 2. The molecule has 0 atom stereocenters. The van der Waals surface area contributed by atoms with Gasteiger partial charge in [0.1, 0.15) is 17.9 Å². The number of carbonyl (C=O) groups excluding carboxylic acids is 4. The largest absolute Gasteiger partial charge is 0.487 e. The zero-order valence-corrected chi connectivity index (χ0v) is 29.0. The molecule has 1 aromatic heterocycles. The Morgan fingerprint density at radius 1 is 1.00 bits per heavy atom. The van der Waals surface area contributed by atoms with Gasteiger partial charge in [-0.25, -0.2) is 4.98 Å². The number of hydrogen-bond donors (Lipinski definition) is 2. The molecule has 1 aliphatic heterocycles. The van der Waals surface area contributed by atoms with Crippen molar-refractivity contribution in [3.05, 3.63) is 99.7 Å². The number of carbonyl (C=O) groups is 4. The summed E-state index contributed by atoms with van der Waals surface area (Å²) < 4.78 is 6.09. The Balaban J connectivity index is 1.12. The molecule has 1 saturated heterocycles. The summed E-state index contributed by atoms with van der Waals surface area (Å²) in [5.74, 6) is -0.445. The van der Waals surface area contributed by atoms with Gasteiger partial charge in [-0.1, -0.05) is 53.5 Å². The highest BCUT2D eigenvalue weighted by Crippen LogP contribution is 2.35. The average molecular weight is 703 g/mol. The first kappa shape index (κ1) is 35.4. The lowest BCUT2D eigenvalue weighted by Gasteiger charge is -2.30. The van der Waals surface area contributed by atoms with Gasteiger partial charge in [0.25, 0.3) is 0 Å². The van der Waals surface area contributed by atoms with E-state index in [2.05, 4.69) is 15.6 Å². The number of amides is 4. The number of fused-ring (bicyclic) bond motifs is 1. The van der Waals surface area contributed by atoms with Gasteiger partial charge in [0.05, 0.1) is 17.3 Å². The number of aromatic nitrogens is 1. The molecule has 3 aromatic carbocycles. The number of benzene rings is 3. The van der Waals surface area contributed by atoms with E-state index in [4.69, 9.17) is 27.9 Å². The second-order valence-corrected chi connectivity index (χ2v) is 12.6. The standard InChI is InChI=1S/C37H37Cl2N5O5/c1-23-7-11-26-5-4-6-32(36(26)41-23)49-22-29-30(38)14-15-31(35(29)39)43(3)34(47)21-40-33(46)16-10-25-8-12-28(13-9-25)42-37(48)27-17-19-44(20-18-27)24(2)45/h4-16,27H,17-22H2,1-3H3,(H,40,46)(H,42,48). The molecule has 0 spiro atoms. The first-order chi connectivity index (χ1) is 23.5. The third-order valence-corrected chi connectivity index (χ3v) is 9.20. The van der Waals surface area contributed by atoms with E-state index in [9.17, 15) is 19.2 Å². The number of para-hydroxylation sites is 1. The quantitative estimate of drug-likeness (QED) is 0.184. The Morgan fingerprint density at radius 3 is 2.45 bits per heavy atom. The van der Waals surface area contributed by atoms with Crippen molar-refractivity contribution in [3.63, 3.8) is 0 Å². The molecule has 0 radical (unpaired) electrons. The number of piperidine rings is 1. The molecule has 0 bridgehead atoms. The van der Waals surface area contributed by atoms with E-state index in [1.54, 1.807) is 54.4 Å². The summed E-state index contributed by atoms with van der Waals surface area (Å²) in [6.45, 7) is 4.40. The van der Waals surface area contributed by atoms with Crippen molar-refractivity contribution in [1.82, 2.24) is 15.2 Å². The fraction of sp³-hybridized carbons (Fsp3) is 0.270. The van der Waals surface area contributed by atoms with Crippen LogP contribution in [0.3, 0.4) is 0 Å². The second kappa shape index (κ2) is 16.0. The van der Waals surface area contributed by atoms with Crippen molar-refractivity contribution in [3.8, 4) is 5.75 Å². The van der Waals surface area contributed by atoms with E-state index >= 15 is 0 Å². The minimum atomic E-state index is -0.453. The van der Waals surface area contributed by atoms with Gasteiger partial charge in [-0.3, -0.25) is 19.2 Å². The highest BCUT2D eigenvalue weighted by Gasteiger charge is 2.26. The fourth-order valence-electron chi connectivity index (χ4n) is 5.49. The Bertz CT molecular complexity index is 1910. The number of nitrogens with zero attached hydrogens (tertiary/aromatic N) is 3. The Hall–Kier alpha value is -4.93. The Morgan fingerprint density at radius 2 is 1.73 bits per heavy atom. The van der Waals surface area contributed by atoms with Gasteiger partial charge in [-0.2, -0.15) is 0 Å². The zero-order valence-electron chi connectivity index (χ0n) is 27.5. The van der Waals surface area contributed by atoms with Crippen LogP contribution in [0.5, 0.6) is 5.75 Å². The predicted molar refractivity (Wildman–Crippen MR) is 193 cm³/mol. The third-order valence-electron chi connectivity index (χ3n) is 8.43. The molecular weight excluding hydrogens is 665 g/mol. The third kappa shape index (κ3) is 8.95. The van der Waals surface area contributed by atoms with Crippen molar-refractivity contribution in [2.24, 2.45) is 5.92 Å². The van der Waals surface area contributed by atoms with Gasteiger partial charge in [0.15, 0.2) is 0 Å². The van der Waals surface area contributed by atoms with Crippen LogP contribution in [0.1, 0.15) is 36.6 Å². The van der Waals surface area contributed by atoms with E-state index in [1.807, 2.05) is 37.3 Å². The molecule has 2 N–H and O–H groups in total. The minimum absolute atomic E-state index is 0.0280. The van der Waals surface area contributed by atoms with Gasteiger partial charge in [-0.15, -0.1) is 0 Å². The maximum Gasteiger partial charge on any atom is 0.246 e. The summed E-state index contributed by atoms with van der Waals surface area (Å²) in [7, 11) is 1.57. The maximum absolute atomic E-state index is 13.0. The van der Waals surface area contributed by atoms with Gasteiger partial charge in [-0.05, 0) is 67.8 Å².